The Labute approximate surface area is 143 Å². The molecule has 0 saturated heterocycles. The predicted molar refractivity (Wildman–Crippen MR) is 92.9 cm³/mol. The van der Waals surface area contributed by atoms with Crippen molar-refractivity contribution in [2.45, 2.75) is 37.2 Å². The molecular weight excluding hydrogens is 324 g/mol. The van der Waals surface area contributed by atoms with Gasteiger partial charge in [0.1, 0.15) is 5.75 Å². The van der Waals surface area contributed by atoms with Crippen LogP contribution in [0.5, 0.6) is 11.6 Å². The zero-order chi connectivity index (χ0) is 17.2. The Balaban J connectivity index is 1.75. The van der Waals surface area contributed by atoms with Crippen molar-refractivity contribution in [3.05, 3.63) is 48.2 Å². The van der Waals surface area contributed by atoms with Gasteiger partial charge in [-0.05, 0) is 49.9 Å². The van der Waals surface area contributed by atoms with E-state index in [1.165, 1.54) is 25.2 Å². The van der Waals surface area contributed by atoms with Crippen molar-refractivity contribution in [2.24, 2.45) is 5.92 Å². The first-order valence-electron chi connectivity index (χ1n) is 8.09. The molecule has 1 heterocycles. The van der Waals surface area contributed by atoms with E-state index in [0.29, 0.717) is 24.2 Å². The second-order valence-electron chi connectivity index (χ2n) is 6.32. The second-order valence-corrected chi connectivity index (χ2v) is 8.34. The number of pyridine rings is 1. The van der Waals surface area contributed by atoms with Crippen LogP contribution in [-0.2, 0) is 16.4 Å². The first kappa shape index (κ1) is 16.9. The number of nitrogens with one attached hydrogen (secondary N) is 1. The minimum absolute atomic E-state index is 0.234. The smallest absolute Gasteiger partial charge is 0.223 e. The number of rotatable bonds is 7. The summed E-state index contributed by atoms with van der Waals surface area (Å²) in [4.78, 5) is 4.53. The van der Waals surface area contributed by atoms with Gasteiger partial charge in [-0.25, -0.2) is 13.4 Å². The number of nitrogens with zero attached hydrogens (tertiary/aromatic N) is 1. The van der Waals surface area contributed by atoms with Crippen LogP contribution < -0.4 is 10.1 Å². The van der Waals surface area contributed by atoms with Gasteiger partial charge in [-0.1, -0.05) is 12.1 Å². The average Bonchev–Trinajstić information content (AvgIpc) is 3.38. The lowest BCUT2D eigenvalue weighted by molar-refractivity contribution is 0.441. The Hall–Kier alpha value is -1.92. The van der Waals surface area contributed by atoms with Gasteiger partial charge in [0, 0.05) is 30.6 Å². The summed E-state index contributed by atoms with van der Waals surface area (Å²) in [5, 5.41) is 3.51. The summed E-state index contributed by atoms with van der Waals surface area (Å²) in [6.07, 6.45) is 5.44. The van der Waals surface area contributed by atoms with Crippen LogP contribution in [0.4, 0.5) is 0 Å². The van der Waals surface area contributed by atoms with Crippen LogP contribution in [0.3, 0.4) is 0 Å². The van der Waals surface area contributed by atoms with Crippen molar-refractivity contribution in [3.63, 3.8) is 0 Å². The van der Waals surface area contributed by atoms with Crippen molar-refractivity contribution >= 4 is 9.84 Å². The summed E-state index contributed by atoms with van der Waals surface area (Å²) in [7, 11) is -3.26. The molecule has 1 unspecified atom stereocenters. The topological polar surface area (TPSA) is 68.3 Å². The highest BCUT2D eigenvalue weighted by atomic mass is 32.2. The summed E-state index contributed by atoms with van der Waals surface area (Å²) in [6.45, 7) is 2.87. The summed E-state index contributed by atoms with van der Waals surface area (Å²) in [6, 6.07) is 10.8. The Morgan fingerprint density at radius 3 is 2.79 bits per heavy atom. The third-order valence-electron chi connectivity index (χ3n) is 4.24. The van der Waals surface area contributed by atoms with Gasteiger partial charge in [0.05, 0.1) is 4.90 Å². The first-order chi connectivity index (χ1) is 11.4. The Bertz CT molecular complexity index is 817. The zero-order valence-corrected chi connectivity index (χ0v) is 14.7. The highest BCUT2D eigenvalue weighted by molar-refractivity contribution is 7.90. The summed E-state index contributed by atoms with van der Waals surface area (Å²) < 4.78 is 29.2. The molecule has 0 amide bonds. The molecule has 1 aromatic carbocycles. The molecule has 24 heavy (non-hydrogen) atoms. The van der Waals surface area contributed by atoms with E-state index >= 15 is 0 Å². The Kier molecular flexibility index (Phi) is 4.87. The zero-order valence-electron chi connectivity index (χ0n) is 13.9. The molecule has 0 bridgehead atoms. The maximum Gasteiger partial charge on any atom is 0.223 e. The highest BCUT2D eigenvalue weighted by Crippen LogP contribution is 2.32. The lowest BCUT2D eigenvalue weighted by Crippen LogP contribution is -2.27. The molecule has 5 nitrogen and oxygen atoms in total. The van der Waals surface area contributed by atoms with Crippen molar-refractivity contribution in [2.75, 3.05) is 6.26 Å². The molecule has 1 saturated carbocycles. The fourth-order valence-electron chi connectivity index (χ4n) is 2.56. The van der Waals surface area contributed by atoms with Crippen LogP contribution in [0, 0.1) is 5.92 Å². The van der Waals surface area contributed by atoms with E-state index in [9.17, 15) is 8.42 Å². The minimum Gasteiger partial charge on any atom is -0.439 e. The molecule has 1 atom stereocenters. The van der Waals surface area contributed by atoms with Gasteiger partial charge in [0.2, 0.25) is 5.88 Å². The summed E-state index contributed by atoms with van der Waals surface area (Å²) in [5.74, 6) is 1.74. The molecular formula is C18H22N2O3S. The van der Waals surface area contributed by atoms with E-state index < -0.39 is 9.84 Å². The SMILES string of the molecule is CC(NCc1cccnc1Oc1cccc(S(C)(=O)=O)c1)C1CC1. The molecule has 1 aromatic heterocycles. The predicted octanol–water partition coefficient (Wildman–Crippen LogP) is 3.17. The average molecular weight is 346 g/mol. The standard InChI is InChI=1S/C18H22N2O3S/c1-13(14-8-9-14)20-12-15-5-4-10-19-18(15)23-16-6-3-7-17(11-16)24(2,21)22/h3-7,10-11,13-14,20H,8-9,12H2,1-2H3. The quantitative estimate of drug-likeness (QED) is 0.834. The van der Waals surface area contributed by atoms with Crippen LogP contribution >= 0.6 is 0 Å². The number of sulfone groups is 1. The Morgan fingerprint density at radius 2 is 2.08 bits per heavy atom. The van der Waals surface area contributed by atoms with Gasteiger partial charge in [-0.3, -0.25) is 0 Å². The minimum atomic E-state index is -3.26. The van der Waals surface area contributed by atoms with Crippen LogP contribution in [0.2, 0.25) is 0 Å². The largest absolute Gasteiger partial charge is 0.439 e. The van der Waals surface area contributed by atoms with Crippen LogP contribution in [0.15, 0.2) is 47.5 Å². The molecule has 1 fully saturated rings. The van der Waals surface area contributed by atoms with Gasteiger partial charge < -0.3 is 10.1 Å². The van der Waals surface area contributed by atoms with Gasteiger partial charge in [0.15, 0.2) is 9.84 Å². The van der Waals surface area contributed by atoms with Crippen molar-refractivity contribution in [1.82, 2.24) is 10.3 Å². The van der Waals surface area contributed by atoms with Gasteiger partial charge in [-0.15, -0.1) is 0 Å². The molecule has 1 aliphatic rings. The lowest BCUT2D eigenvalue weighted by Gasteiger charge is -2.15. The van der Waals surface area contributed by atoms with E-state index in [2.05, 4.69) is 17.2 Å². The van der Waals surface area contributed by atoms with Crippen molar-refractivity contribution in [1.29, 1.82) is 0 Å². The molecule has 128 valence electrons. The lowest BCUT2D eigenvalue weighted by atomic mass is 10.2. The van der Waals surface area contributed by atoms with E-state index in [4.69, 9.17) is 4.74 Å². The molecule has 3 rings (SSSR count). The highest BCUT2D eigenvalue weighted by Gasteiger charge is 2.27. The van der Waals surface area contributed by atoms with Crippen molar-refractivity contribution in [3.8, 4) is 11.6 Å². The fourth-order valence-corrected chi connectivity index (χ4v) is 3.22. The maximum absolute atomic E-state index is 11.7. The third kappa shape index (κ3) is 4.33. The van der Waals surface area contributed by atoms with Gasteiger partial charge >= 0.3 is 0 Å². The molecule has 0 radical (unpaired) electrons. The van der Waals surface area contributed by atoms with E-state index in [1.807, 2.05) is 12.1 Å². The monoisotopic (exact) mass is 346 g/mol. The second kappa shape index (κ2) is 6.91. The van der Waals surface area contributed by atoms with E-state index in [-0.39, 0.29) is 4.90 Å². The number of benzene rings is 1. The summed E-state index contributed by atoms with van der Waals surface area (Å²) in [5.41, 5.74) is 0.953. The van der Waals surface area contributed by atoms with Crippen LogP contribution in [-0.4, -0.2) is 25.7 Å². The third-order valence-corrected chi connectivity index (χ3v) is 5.35. The van der Waals surface area contributed by atoms with Crippen LogP contribution in [0.25, 0.3) is 0 Å². The molecule has 0 spiro atoms. The van der Waals surface area contributed by atoms with Gasteiger partial charge in [0.25, 0.3) is 0 Å². The molecule has 1 N–H and O–H groups in total. The molecule has 2 aromatic rings. The first-order valence-corrected chi connectivity index (χ1v) is 9.98. The number of aromatic nitrogens is 1. The van der Waals surface area contributed by atoms with Gasteiger partial charge in [-0.2, -0.15) is 0 Å². The fraction of sp³-hybridized carbons (Fsp3) is 0.389. The normalized spacial score (nSPS) is 15.9. The maximum atomic E-state index is 11.7. The number of hydrogen-bond donors (Lipinski definition) is 1. The number of ether oxygens (including phenoxy) is 1. The molecule has 6 heteroatoms. The molecule has 1 aliphatic carbocycles. The summed E-state index contributed by atoms with van der Waals surface area (Å²) >= 11 is 0. The molecule has 0 aliphatic heterocycles. The van der Waals surface area contributed by atoms with E-state index in [0.717, 1.165) is 11.5 Å². The Morgan fingerprint density at radius 1 is 1.29 bits per heavy atom. The van der Waals surface area contributed by atoms with Crippen molar-refractivity contribution < 1.29 is 13.2 Å². The number of hydrogen-bond acceptors (Lipinski definition) is 5. The van der Waals surface area contributed by atoms with Crippen LogP contribution in [0.1, 0.15) is 25.3 Å². The van der Waals surface area contributed by atoms with E-state index in [1.54, 1.807) is 24.4 Å².